The van der Waals surface area contributed by atoms with E-state index < -0.39 is 11.9 Å². The molecule has 12 heteroatoms. The summed E-state index contributed by atoms with van der Waals surface area (Å²) in [6.07, 6.45) is 4.29. The Bertz CT molecular complexity index is 1170. The Kier molecular flexibility index (Phi) is 8.80. The summed E-state index contributed by atoms with van der Waals surface area (Å²) in [5.41, 5.74) is 2.72. The molecule has 33 heavy (non-hydrogen) atoms. The van der Waals surface area contributed by atoms with E-state index in [1.807, 2.05) is 0 Å². The lowest BCUT2D eigenvalue weighted by Gasteiger charge is -2.04. The highest BCUT2D eigenvalue weighted by molar-refractivity contribution is 6.32. The molecule has 0 spiro atoms. The summed E-state index contributed by atoms with van der Waals surface area (Å²) in [5, 5.41) is 4.30. The molecule has 0 amide bonds. The van der Waals surface area contributed by atoms with Gasteiger partial charge in [0.05, 0.1) is 30.9 Å². The first-order chi connectivity index (χ1) is 15.7. The van der Waals surface area contributed by atoms with Gasteiger partial charge in [-0.1, -0.05) is 11.6 Å². The number of esters is 3. The number of halogens is 1. The normalized spacial score (nSPS) is 10.4. The standard InChI is InChI=1S/C11H16N2O4.C10H10ClN3O2/c1-4-16-10(14)8-6-13(12)9(7(8)3)11(15)17-5-2;1-3-16-10(15)7-4-14-8(6(7)2)9(11)12-5-13-14/h6H,4-5,12H2,1-3H3;4-5H,3H2,1-2H3. The number of nitrogens with two attached hydrogens (primary N) is 1. The summed E-state index contributed by atoms with van der Waals surface area (Å²) in [6, 6.07) is 0. The third-order valence-electron chi connectivity index (χ3n) is 4.53. The first-order valence-corrected chi connectivity index (χ1v) is 10.5. The molecule has 2 N–H and O–H groups in total. The van der Waals surface area contributed by atoms with Crippen LogP contribution in [0.2, 0.25) is 5.15 Å². The predicted molar refractivity (Wildman–Crippen MR) is 120 cm³/mol. The molecule has 0 radical (unpaired) electrons. The lowest BCUT2D eigenvalue weighted by molar-refractivity contribution is 0.0509. The zero-order valence-electron chi connectivity index (χ0n) is 19.0. The molecule has 0 atom stereocenters. The van der Waals surface area contributed by atoms with Crippen LogP contribution in [0.4, 0.5) is 0 Å². The molecular weight excluding hydrogens is 454 g/mol. The van der Waals surface area contributed by atoms with E-state index in [-0.39, 0.29) is 30.4 Å². The van der Waals surface area contributed by atoms with Crippen LogP contribution in [-0.2, 0) is 14.2 Å². The molecular formula is C21H26ClN5O6. The van der Waals surface area contributed by atoms with Crippen molar-refractivity contribution in [2.24, 2.45) is 0 Å². The number of fused-ring (bicyclic) bond motifs is 1. The molecule has 0 unspecified atom stereocenters. The minimum Gasteiger partial charge on any atom is -0.462 e. The summed E-state index contributed by atoms with van der Waals surface area (Å²) >= 11 is 5.93. The van der Waals surface area contributed by atoms with Crippen molar-refractivity contribution in [3.05, 3.63) is 51.8 Å². The van der Waals surface area contributed by atoms with Gasteiger partial charge in [0.1, 0.15) is 11.8 Å². The molecule has 0 aliphatic rings. The Morgan fingerprint density at radius 3 is 1.94 bits per heavy atom. The Morgan fingerprint density at radius 2 is 1.42 bits per heavy atom. The summed E-state index contributed by atoms with van der Waals surface area (Å²) in [6.45, 7) is 9.43. The van der Waals surface area contributed by atoms with Crippen LogP contribution in [0.15, 0.2) is 18.7 Å². The summed E-state index contributed by atoms with van der Waals surface area (Å²) in [5.74, 6) is 4.19. The Hall–Kier alpha value is -3.60. The topological polar surface area (TPSA) is 140 Å². The highest BCUT2D eigenvalue weighted by atomic mass is 35.5. The Morgan fingerprint density at radius 1 is 0.909 bits per heavy atom. The Balaban J connectivity index is 0.000000234. The number of ether oxygens (including phenoxy) is 3. The number of aromatic nitrogens is 4. The van der Waals surface area contributed by atoms with Crippen LogP contribution in [0.3, 0.4) is 0 Å². The van der Waals surface area contributed by atoms with Gasteiger partial charge in [0.25, 0.3) is 0 Å². The molecule has 0 saturated heterocycles. The molecule has 0 aliphatic carbocycles. The Labute approximate surface area is 195 Å². The minimum atomic E-state index is -0.553. The van der Waals surface area contributed by atoms with E-state index in [9.17, 15) is 14.4 Å². The van der Waals surface area contributed by atoms with E-state index in [2.05, 4.69) is 10.1 Å². The monoisotopic (exact) mass is 479 g/mol. The zero-order valence-corrected chi connectivity index (χ0v) is 19.8. The molecule has 3 aromatic heterocycles. The fraction of sp³-hybridized carbons (Fsp3) is 0.381. The first-order valence-electron chi connectivity index (χ1n) is 10.1. The molecule has 11 nitrogen and oxygen atoms in total. The molecule has 0 aliphatic heterocycles. The summed E-state index contributed by atoms with van der Waals surface area (Å²) < 4.78 is 17.2. The van der Waals surface area contributed by atoms with Gasteiger partial charge in [0.15, 0.2) is 10.8 Å². The van der Waals surface area contributed by atoms with Crippen molar-refractivity contribution >= 4 is 35.0 Å². The van der Waals surface area contributed by atoms with Crippen LogP contribution in [0.1, 0.15) is 63.1 Å². The highest BCUT2D eigenvalue weighted by Crippen LogP contribution is 2.22. The quantitative estimate of drug-likeness (QED) is 0.321. The fourth-order valence-corrected chi connectivity index (χ4v) is 3.30. The van der Waals surface area contributed by atoms with E-state index >= 15 is 0 Å². The molecule has 3 heterocycles. The number of nitrogens with zero attached hydrogens (tertiary/aromatic N) is 4. The summed E-state index contributed by atoms with van der Waals surface area (Å²) in [4.78, 5) is 38.7. The number of aryl methyl sites for hydroxylation is 1. The number of carbonyl (C=O) groups is 3. The van der Waals surface area contributed by atoms with Crippen molar-refractivity contribution in [2.75, 3.05) is 25.7 Å². The second-order valence-corrected chi connectivity index (χ2v) is 6.95. The van der Waals surface area contributed by atoms with Gasteiger partial charge in [-0.15, -0.1) is 0 Å². The number of hydrogen-bond acceptors (Lipinski definition) is 9. The van der Waals surface area contributed by atoms with Gasteiger partial charge in [-0.05, 0) is 45.7 Å². The maximum Gasteiger partial charge on any atom is 0.357 e. The first kappa shape index (κ1) is 25.7. The third kappa shape index (κ3) is 5.61. The zero-order chi connectivity index (χ0) is 24.7. The minimum absolute atomic E-state index is 0.162. The van der Waals surface area contributed by atoms with Gasteiger partial charge in [-0.2, -0.15) is 5.10 Å². The van der Waals surface area contributed by atoms with Gasteiger partial charge >= 0.3 is 17.9 Å². The van der Waals surface area contributed by atoms with Crippen LogP contribution < -0.4 is 5.84 Å². The van der Waals surface area contributed by atoms with Gasteiger partial charge in [-0.3, -0.25) is 4.68 Å². The van der Waals surface area contributed by atoms with Gasteiger partial charge < -0.3 is 20.1 Å². The number of rotatable bonds is 6. The van der Waals surface area contributed by atoms with Crippen LogP contribution in [0, 0.1) is 13.8 Å². The van der Waals surface area contributed by atoms with E-state index in [0.717, 1.165) is 10.2 Å². The van der Waals surface area contributed by atoms with Gasteiger partial charge in [-0.25, -0.2) is 23.9 Å². The average Bonchev–Trinajstić information content (AvgIpc) is 3.26. The van der Waals surface area contributed by atoms with Crippen molar-refractivity contribution in [2.45, 2.75) is 34.6 Å². The van der Waals surface area contributed by atoms with Crippen LogP contribution >= 0.6 is 11.6 Å². The summed E-state index contributed by atoms with van der Waals surface area (Å²) in [7, 11) is 0. The van der Waals surface area contributed by atoms with E-state index in [4.69, 9.17) is 31.7 Å². The van der Waals surface area contributed by atoms with Crippen LogP contribution in [0.5, 0.6) is 0 Å². The highest BCUT2D eigenvalue weighted by Gasteiger charge is 2.23. The lowest BCUT2D eigenvalue weighted by Crippen LogP contribution is -2.18. The molecule has 3 aromatic rings. The van der Waals surface area contributed by atoms with Crippen LogP contribution in [-0.4, -0.2) is 57.0 Å². The molecule has 178 valence electrons. The predicted octanol–water partition coefficient (Wildman–Crippen LogP) is 2.73. The van der Waals surface area contributed by atoms with Gasteiger partial charge in [0, 0.05) is 12.4 Å². The fourth-order valence-electron chi connectivity index (χ4n) is 3.03. The maximum atomic E-state index is 11.6. The second-order valence-electron chi connectivity index (χ2n) is 6.60. The van der Waals surface area contributed by atoms with E-state index in [0.29, 0.717) is 28.4 Å². The van der Waals surface area contributed by atoms with Crippen molar-refractivity contribution in [1.82, 2.24) is 19.3 Å². The number of hydrogen-bond donors (Lipinski definition) is 1. The lowest BCUT2D eigenvalue weighted by atomic mass is 10.2. The number of carbonyl (C=O) groups excluding carboxylic acids is 3. The molecule has 0 saturated carbocycles. The van der Waals surface area contributed by atoms with Crippen molar-refractivity contribution < 1.29 is 28.6 Å². The van der Waals surface area contributed by atoms with Crippen molar-refractivity contribution in [1.29, 1.82) is 0 Å². The van der Waals surface area contributed by atoms with Crippen LogP contribution in [0.25, 0.3) is 5.52 Å². The van der Waals surface area contributed by atoms with Crippen molar-refractivity contribution in [3.63, 3.8) is 0 Å². The molecule has 0 bridgehead atoms. The van der Waals surface area contributed by atoms with Gasteiger partial charge in [0.2, 0.25) is 0 Å². The van der Waals surface area contributed by atoms with E-state index in [1.54, 1.807) is 40.8 Å². The largest absolute Gasteiger partial charge is 0.462 e. The number of nitrogen functional groups attached to an aromatic ring is 1. The molecule has 3 rings (SSSR count). The smallest absolute Gasteiger partial charge is 0.357 e. The molecule has 0 aromatic carbocycles. The van der Waals surface area contributed by atoms with Crippen molar-refractivity contribution in [3.8, 4) is 0 Å². The van der Waals surface area contributed by atoms with E-state index in [1.165, 1.54) is 17.0 Å². The second kappa shape index (κ2) is 11.3. The molecule has 0 fully saturated rings. The maximum absolute atomic E-state index is 11.6. The SMILES string of the molecule is CCOC(=O)c1cn(N)c(C(=O)OCC)c1C.CCOC(=O)c1cn2ncnc(Cl)c2c1C. The third-order valence-corrected chi connectivity index (χ3v) is 4.80. The average molecular weight is 480 g/mol.